The maximum Gasteiger partial charge on any atom is 0.0885 e. The zero-order valence-electron chi connectivity index (χ0n) is 5.46. The molecule has 0 aromatic carbocycles. The predicted octanol–water partition coefficient (Wildman–Crippen LogP) is 1.11. The predicted molar refractivity (Wildman–Crippen MR) is 37.0 cm³/mol. The molecule has 0 fully saturated rings. The van der Waals surface area contributed by atoms with Crippen LogP contribution in [0.1, 0.15) is 6.92 Å². The van der Waals surface area contributed by atoms with Crippen LogP contribution in [0.3, 0.4) is 0 Å². The van der Waals surface area contributed by atoms with Gasteiger partial charge in [-0.25, -0.2) is 0 Å². The molecule has 0 saturated heterocycles. The van der Waals surface area contributed by atoms with Gasteiger partial charge >= 0.3 is 0 Å². The molecule has 8 heavy (non-hydrogen) atoms. The third kappa shape index (κ3) is 2.39. The molecule has 46 valence electrons. The van der Waals surface area contributed by atoms with Crippen molar-refractivity contribution in [1.29, 1.82) is 0 Å². The molecule has 0 spiro atoms. The molecule has 0 rings (SSSR count). The summed E-state index contributed by atoms with van der Waals surface area (Å²) < 4.78 is 0. The van der Waals surface area contributed by atoms with Crippen LogP contribution in [-0.4, -0.2) is 24.8 Å². The molecule has 0 unspecified atom stereocenters. The van der Waals surface area contributed by atoms with E-state index in [2.05, 4.69) is 11.6 Å². The van der Waals surface area contributed by atoms with E-state index in [4.69, 9.17) is 0 Å². The summed E-state index contributed by atoms with van der Waals surface area (Å²) in [4.78, 5) is 5.71. The summed E-state index contributed by atoms with van der Waals surface area (Å²) in [7, 11) is 1.74. The molecule has 0 heterocycles. The maximum atomic E-state index is 3.81. The third-order valence-corrected chi connectivity index (χ3v) is 0.863. The van der Waals surface area contributed by atoms with Crippen LogP contribution in [0.4, 0.5) is 0 Å². The van der Waals surface area contributed by atoms with Gasteiger partial charge in [0.1, 0.15) is 0 Å². The van der Waals surface area contributed by atoms with Gasteiger partial charge in [0.15, 0.2) is 0 Å². The lowest BCUT2D eigenvalue weighted by molar-refractivity contribution is 0.608. The highest BCUT2D eigenvalue weighted by molar-refractivity contribution is 5.55. The van der Waals surface area contributed by atoms with E-state index in [9.17, 15) is 0 Å². The molecule has 0 N–H and O–H groups in total. The lowest BCUT2D eigenvalue weighted by atomic mass is 10.6. The first-order valence-electron chi connectivity index (χ1n) is 2.65. The Labute approximate surface area is 50.5 Å². The van der Waals surface area contributed by atoms with Crippen molar-refractivity contribution in [3.05, 3.63) is 12.8 Å². The molecule has 0 aromatic rings. The minimum absolute atomic E-state index is 0.931. The molecular formula is C6H12N2. The number of aliphatic imine (C=N–C) groups is 1. The molecule has 0 aliphatic heterocycles. The van der Waals surface area contributed by atoms with Crippen molar-refractivity contribution >= 4 is 6.34 Å². The van der Waals surface area contributed by atoms with Crippen LogP contribution in [0.5, 0.6) is 0 Å². The van der Waals surface area contributed by atoms with E-state index >= 15 is 0 Å². The SMILES string of the molecule is C=CN(/C=N/C)CC. The molecule has 0 aliphatic rings. The van der Waals surface area contributed by atoms with Crippen LogP contribution in [0.2, 0.25) is 0 Å². The summed E-state index contributed by atoms with van der Waals surface area (Å²) >= 11 is 0. The standard InChI is InChI=1S/C6H12N2/c1-4-8(5-2)6-7-3/h4,6H,1,5H2,2-3H3/b7-6+. The van der Waals surface area contributed by atoms with Gasteiger partial charge in [0.2, 0.25) is 0 Å². The zero-order valence-corrected chi connectivity index (χ0v) is 5.46. The van der Waals surface area contributed by atoms with E-state index in [1.165, 1.54) is 0 Å². The van der Waals surface area contributed by atoms with Crippen molar-refractivity contribution in [3.8, 4) is 0 Å². The molecular weight excluding hydrogens is 100 g/mol. The highest BCUT2D eigenvalue weighted by Gasteiger charge is 1.82. The van der Waals surface area contributed by atoms with Crippen molar-refractivity contribution in [2.75, 3.05) is 13.6 Å². The second-order valence-electron chi connectivity index (χ2n) is 1.39. The van der Waals surface area contributed by atoms with E-state index < -0.39 is 0 Å². The Morgan fingerprint density at radius 2 is 2.38 bits per heavy atom. The molecule has 0 amide bonds. The number of hydrogen-bond donors (Lipinski definition) is 0. The van der Waals surface area contributed by atoms with Gasteiger partial charge in [-0.3, -0.25) is 4.99 Å². The van der Waals surface area contributed by atoms with E-state index in [-0.39, 0.29) is 0 Å². The van der Waals surface area contributed by atoms with Gasteiger partial charge in [0, 0.05) is 13.6 Å². The first kappa shape index (κ1) is 7.21. The fourth-order valence-corrected chi connectivity index (χ4v) is 0.406. The minimum atomic E-state index is 0.931. The summed E-state index contributed by atoms with van der Waals surface area (Å²) in [5.74, 6) is 0. The summed E-state index contributed by atoms with van der Waals surface area (Å²) in [6.45, 7) is 6.56. The van der Waals surface area contributed by atoms with E-state index in [0.29, 0.717) is 0 Å². The number of nitrogens with zero attached hydrogens (tertiary/aromatic N) is 2. The van der Waals surface area contributed by atoms with Gasteiger partial charge in [-0.05, 0) is 13.1 Å². The Bertz CT molecular complexity index is 86.5. The van der Waals surface area contributed by atoms with Gasteiger partial charge < -0.3 is 4.90 Å². The average Bonchev–Trinajstić information content (AvgIpc) is 1.83. The lowest BCUT2D eigenvalue weighted by Crippen LogP contribution is -2.12. The Hall–Kier alpha value is -0.790. The number of rotatable bonds is 3. The van der Waals surface area contributed by atoms with E-state index in [1.54, 1.807) is 19.6 Å². The second-order valence-corrected chi connectivity index (χ2v) is 1.39. The van der Waals surface area contributed by atoms with Crippen LogP contribution in [0.15, 0.2) is 17.8 Å². The van der Waals surface area contributed by atoms with Crippen molar-refractivity contribution in [3.63, 3.8) is 0 Å². The highest BCUT2D eigenvalue weighted by Crippen LogP contribution is 1.79. The summed E-state index contributed by atoms with van der Waals surface area (Å²) in [6, 6.07) is 0. The molecule has 0 aliphatic carbocycles. The topological polar surface area (TPSA) is 15.6 Å². The Balaban J connectivity index is 3.52. The van der Waals surface area contributed by atoms with Crippen molar-refractivity contribution in [2.45, 2.75) is 6.92 Å². The molecule has 0 bridgehead atoms. The summed E-state index contributed by atoms with van der Waals surface area (Å²) in [5, 5.41) is 0. The third-order valence-electron chi connectivity index (χ3n) is 0.863. The second kappa shape index (κ2) is 4.37. The molecule has 0 radical (unpaired) electrons. The van der Waals surface area contributed by atoms with Gasteiger partial charge in [0.25, 0.3) is 0 Å². The van der Waals surface area contributed by atoms with Crippen molar-refractivity contribution in [1.82, 2.24) is 4.90 Å². The monoisotopic (exact) mass is 112 g/mol. The number of hydrogen-bond acceptors (Lipinski definition) is 1. The molecule has 2 nitrogen and oxygen atoms in total. The zero-order chi connectivity index (χ0) is 6.41. The largest absolute Gasteiger partial charge is 0.340 e. The van der Waals surface area contributed by atoms with Crippen LogP contribution in [0, 0.1) is 0 Å². The summed E-state index contributed by atoms with van der Waals surface area (Å²) in [6.07, 6.45) is 3.49. The molecule has 2 heteroatoms. The fourth-order valence-electron chi connectivity index (χ4n) is 0.406. The highest BCUT2D eigenvalue weighted by atomic mass is 15.1. The smallest absolute Gasteiger partial charge is 0.0885 e. The Morgan fingerprint density at radius 3 is 2.50 bits per heavy atom. The average molecular weight is 112 g/mol. The van der Waals surface area contributed by atoms with Crippen LogP contribution >= 0.6 is 0 Å². The van der Waals surface area contributed by atoms with Crippen LogP contribution in [0.25, 0.3) is 0 Å². The molecule has 0 aromatic heterocycles. The van der Waals surface area contributed by atoms with Crippen molar-refractivity contribution in [2.24, 2.45) is 4.99 Å². The minimum Gasteiger partial charge on any atom is -0.340 e. The molecule has 0 atom stereocenters. The van der Waals surface area contributed by atoms with Gasteiger partial charge in [-0.2, -0.15) is 0 Å². The maximum absolute atomic E-state index is 3.81. The van der Waals surface area contributed by atoms with Crippen molar-refractivity contribution < 1.29 is 0 Å². The van der Waals surface area contributed by atoms with Gasteiger partial charge in [-0.1, -0.05) is 6.58 Å². The molecule has 0 saturated carbocycles. The van der Waals surface area contributed by atoms with E-state index in [0.717, 1.165) is 6.54 Å². The van der Waals surface area contributed by atoms with E-state index in [1.807, 2.05) is 11.8 Å². The lowest BCUT2D eigenvalue weighted by Gasteiger charge is -2.07. The fraction of sp³-hybridized carbons (Fsp3) is 0.500. The van der Waals surface area contributed by atoms with Gasteiger partial charge in [0.05, 0.1) is 6.34 Å². The van der Waals surface area contributed by atoms with Gasteiger partial charge in [-0.15, -0.1) is 0 Å². The Morgan fingerprint density at radius 1 is 1.75 bits per heavy atom. The van der Waals surface area contributed by atoms with Crippen LogP contribution < -0.4 is 0 Å². The Kier molecular flexibility index (Phi) is 3.94. The van der Waals surface area contributed by atoms with Crippen LogP contribution in [-0.2, 0) is 0 Å². The first-order valence-corrected chi connectivity index (χ1v) is 2.65. The normalized spacial score (nSPS) is 9.75. The quantitative estimate of drug-likeness (QED) is 0.394. The summed E-state index contributed by atoms with van der Waals surface area (Å²) in [5.41, 5.74) is 0. The first-order chi connectivity index (χ1) is 3.85.